The number of ether oxygens (including phenoxy) is 1. The number of aromatic nitrogens is 4. The summed E-state index contributed by atoms with van der Waals surface area (Å²) < 4.78 is 32.0. The summed E-state index contributed by atoms with van der Waals surface area (Å²) in [7, 11) is 0. The predicted molar refractivity (Wildman–Crippen MR) is 122 cm³/mol. The van der Waals surface area contributed by atoms with Crippen molar-refractivity contribution in [3.63, 3.8) is 0 Å². The zero-order chi connectivity index (χ0) is 24.6. The molecule has 12 heteroatoms. The van der Waals surface area contributed by atoms with Crippen molar-refractivity contribution >= 4 is 17.6 Å². The number of anilines is 1. The molecule has 0 radical (unpaired) electrons. The van der Waals surface area contributed by atoms with Gasteiger partial charge in [-0.15, -0.1) is 0 Å². The number of carbonyl (C=O) groups is 1. The molecule has 0 aromatic carbocycles. The number of piperidine rings is 1. The van der Waals surface area contributed by atoms with Gasteiger partial charge in [0.05, 0.1) is 24.8 Å². The number of aliphatic hydroxyl groups excluding tert-OH is 1. The van der Waals surface area contributed by atoms with Crippen LogP contribution in [0, 0.1) is 11.8 Å². The number of rotatable bonds is 8. The molecule has 2 atom stereocenters. The molecule has 2 aromatic rings. The monoisotopic (exact) mass is 487 g/mol. The van der Waals surface area contributed by atoms with Crippen LogP contribution in [-0.4, -0.2) is 74.9 Å². The van der Waals surface area contributed by atoms with Crippen LogP contribution < -0.4 is 15.0 Å². The van der Waals surface area contributed by atoms with Crippen LogP contribution in [0.3, 0.4) is 0 Å². The van der Waals surface area contributed by atoms with Gasteiger partial charge in [-0.25, -0.2) is 8.78 Å². The Balaban J connectivity index is 1.30. The molecule has 0 bridgehead atoms. The number of alkyl halides is 2. The van der Waals surface area contributed by atoms with Gasteiger partial charge >= 0.3 is 6.01 Å². The number of hydrogen-bond acceptors (Lipinski definition) is 9. The van der Waals surface area contributed by atoms with Crippen molar-refractivity contribution in [2.24, 2.45) is 16.8 Å². The van der Waals surface area contributed by atoms with Crippen molar-refractivity contribution < 1.29 is 23.4 Å². The molecule has 2 aromatic heterocycles. The number of amides is 1. The van der Waals surface area contributed by atoms with Gasteiger partial charge in [-0.2, -0.15) is 15.0 Å². The number of nitrogens with one attached hydrogen (secondary N) is 1. The lowest BCUT2D eigenvalue weighted by Crippen LogP contribution is -2.39. The third-order valence-corrected chi connectivity index (χ3v) is 6.56. The summed E-state index contributed by atoms with van der Waals surface area (Å²) in [5, 5.41) is 11.8. The van der Waals surface area contributed by atoms with E-state index in [2.05, 4.69) is 31.3 Å². The molecule has 1 aliphatic carbocycles. The van der Waals surface area contributed by atoms with Gasteiger partial charge in [0.2, 0.25) is 11.8 Å². The highest BCUT2D eigenvalue weighted by atomic mass is 19.3. The van der Waals surface area contributed by atoms with Crippen LogP contribution in [0.1, 0.15) is 48.1 Å². The average Bonchev–Trinajstić information content (AvgIpc) is 3.27. The molecule has 1 saturated carbocycles. The quantitative estimate of drug-likeness (QED) is 0.576. The molecule has 0 spiro atoms. The van der Waals surface area contributed by atoms with Gasteiger partial charge in [0.1, 0.15) is 6.61 Å². The Morgan fingerprint density at radius 2 is 2.09 bits per heavy atom. The Hall–Kier alpha value is -3.28. The molecule has 5 rings (SSSR count). The number of nitrogens with zero attached hydrogens (tertiary/aromatic N) is 6. The van der Waals surface area contributed by atoms with E-state index < -0.39 is 23.8 Å². The van der Waals surface area contributed by atoms with Crippen LogP contribution in [0.5, 0.6) is 6.01 Å². The van der Waals surface area contributed by atoms with Gasteiger partial charge in [-0.05, 0) is 31.9 Å². The summed E-state index contributed by atoms with van der Waals surface area (Å²) in [5.41, 5.74) is 3.18. The Morgan fingerprint density at radius 3 is 2.80 bits per heavy atom. The number of pyridine rings is 1. The number of hydrogen-bond donors (Lipinski definition) is 2. The van der Waals surface area contributed by atoms with Crippen LogP contribution in [0.15, 0.2) is 23.3 Å². The van der Waals surface area contributed by atoms with E-state index in [1.165, 1.54) is 0 Å². The van der Waals surface area contributed by atoms with Gasteiger partial charge < -0.3 is 20.1 Å². The Kier molecular flexibility index (Phi) is 6.30. The van der Waals surface area contributed by atoms with E-state index in [0.717, 1.165) is 29.8 Å². The Bertz CT molecular complexity index is 1140. The minimum atomic E-state index is -2.73. The molecule has 4 heterocycles. The second kappa shape index (κ2) is 9.40. The number of carbonyl (C=O) groups excluding carboxylic acids is 1. The van der Waals surface area contributed by atoms with Gasteiger partial charge in [0.25, 0.3) is 11.8 Å². The SMILES string of the molecule is C[C@H](CO)NC(=O)c1nc(OCC2CC2(F)F)nc(N2CCC(C3=NCc4ncccc43)CC2)n1. The van der Waals surface area contributed by atoms with Crippen LogP contribution in [0.2, 0.25) is 0 Å². The lowest BCUT2D eigenvalue weighted by molar-refractivity contribution is 0.0833. The first-order valence-electron chi connectivity index (χ1n) is 11.8. The molecule has 1 unspecified atom stereocenters. The van der Waals surface area contributed by atoms with E-state index >= 15 is 0 Å². The van der Waals surface area contributed by atoms with Gasteiger partial charge in [-0.3, -0.25) is 14.8 Å². The summed E-state index contributed by atoms with van der Waals surface area (Å²) in [5.74, 6) is -3.86. The highest BCUT2D eigenvalue weighted by molar-refractivity contribution is 6.04. The molecular formula is C23H27F2N7O3. The smallest absolute Gasteiger partial charge is 0.321 e. The highest BCUT2D eigenvalue weighted by Crippen LogP contribution is 2.48. The van der Waals surface area contributed by atoms with Crippen LogP contribution in [0.25, 0.3) is 0 Å². The number of fused-ring (bicyclic) bond motifs is 1. The van der Waals surface area contributed by atoms with Gasteiger partial charge in [0, 0.05) is 48.9 Å². The van der Waals surface area contributed by atoms with Gasteiger partial charge in [0.15, 0.2) is 0 Å². The van der Waals surface area contributed by atoms with Crippen LogP contribution in [0.4, 0.5) is 14.7 Å². The minimum absolute atomic E-state index is 0.165. The van der Waals surface area contributed by atoms with E-state index in [4.69, 9.17) is 9.73 Å². The second-order valence-electron chi connectivity index (χ2n) is 9.23. The summed E-state index contributed by atoms with van der Waals surface area (Å²) in [6.45, 7) is 3.00. The summed E-state index contributed by atoms with van der Waals surface area (Å²) in [6, 6.07) is 3.31. The topological polar surface area (TPSA) is 126 Å². The zero-order valence-electron chi connectivity index (χ0n) is 19.3. The Morgan fingerprint density at radius 1 is 1.31 bits per heavy atom. The Labute approximate surface area is 200 Å². The lowest BCUT2D eigenvalue weighted by Gasteiger charge is -2.32. The highest BCUT2D eigenvalue weighted by Gasteiger charge is 2.57. The molecule has 186 valence electrons. The van der Waals surface area contributed by atoms with Crippen molar-refractivity contribution in [3.05, 3.63) is 35.4 Å². The fourth-order valence-corrected chi connectivity index (χ4v) is 4.36. The molecule has 2 fully saturated rings. The largest absolute Gasteiger partial charge is 0.463 e. The average molecular weight is 488 g/mol. The van der Waals surface area contributed by atoms with E-state index in [0.29, 0.717) is 19.6 Å². The molecule has 35 heavy (non-hydrogen) atoms. The summed E-state index contributed by atoms with van der Waals surface area (Å²) in [4.78, 5) is 36.3. The standard InChI is InChI=1S/C23H27F2N7O3/c1-13(11-33)28-20(34)19-29-21(31-22(30-19)35-12-15-9-23(15,24)25)32-7-4-14(5-8-32)18-16-3-2-6-26-17(16)10-27-18/h2-3,6,13-15,33H,4-5,7-12H2,1H3,(H,28,34)/t13-,15?/m1/s1. The molecule has 3 aliphatic rings. The first kappa shape index (κ1) is 23.5. The van der Waals surface area contributed by atoms with E-state index in [1.54, 1.807) is 13.1 Å². The normalized spacial score (nSPS) is 21.8. The van der Waals surface area contributed by atoms with Crippen molar-refractivity contribution in [1.29, 1.82) is 0 Å². The van der Waals surface area contributed by atoms with Crippen molar-refractivity contribution in [2.45, 2.75) is 44.7 Å². The lowest BCUT2D eigenvalue weighted by atomic mass is 9.88. The number of aliphatic imine (C=N–C) groups is 1. The maximum atomic E-state index is 13.3. The summed E-state index contributed by atoms with van der Waals surface area (Å²) in [6.07, 6.45) is 3.17. The maximum absolute atomic E-state index is 13.3. The maximum Gasteiger partial charge on any atom is 0.321 e. The summed E-state index contributed by atoms with van der Waals surface area (Å²) >= 11 is 0. The second-order valence-corrected chi connectivity index (χ2v) is 9.23. The third-order valence-electron chi connectivity index (χ3n) is 6.56. The van der Waals surface area contributed by atoms with E-state index in [1.807, 2.05) is 11.0 Å². The van der Waals surface area contributed by atoms with Crippen molar-refractivity contribution in [1.82, 2.24) is 25.3 Å². The molecular weight excluding hydrogens is 460 g/mol. The number of aliphatic hydroxyl groups is 1. The van der Waals surface area contributed by atoms with E-state index in [-0.39, 0.29) is 43.3 Å². The van der Waals surface area contributed by atoms with E-state index in [9.17, 15) is 18.7 Å². The third kappa shape index (κ3) is 5.07. The molecule has 1 saturated heterocycles. The minimum Gasteiger partial charge on any atom is -0.463 e. The van der Waals surface area contributed by atoms with Gasteiger partial charge in [-0.1, -0.05) is 0 Å². The van der Waals surface area contributed by atoms with Crippen LogP contribution in [-0.2, 0) is 6.54 Å². The predicted octanol–water partition coefficient (Wildman–Crippen LogP) is 1.63. The number of halogens is 2. The van der Waals surface area contributed by atoms with Crippen molar-refractivity contribution in [3.8, 4) is 6.01 Å². The fourth-order valence-electron chi connectivity index (χ4n) is 4.36. The van der Waals surface area contributed by atoms with Crippen molar-refractivity contribution in [2.75, 3.05) is 31.2 Å². The molecule has 2 N–H and O–H groups in total. The first-order valence-corrected chi connectivity index (χ1v) is 11.8. The molecule has 10 nitrogen and oxygen atoms in total. The first-order chi connectivity index (χ1) is 16.8. The fraction of sp³-hybridized carbons (Fsp3) is 0.565. The zero-order valence-corrected chi connectivity index (χ0v) is 19.3. The van der Waals surface area contributed by atoms with Crippen LogP contribution >= 0.6 is 0 Å². The molecule has 2 aliphatic heterocycles. The molecule has 1 amide bonds.